The lowest BCUT2D eigenvalue weighted by atomic mass is 10.1. The van der Waals surface area contributed by atoms with Crippen LogP contribution < -0.4 is 9.64 Å². The zero-order valence-electron chi connectivity index (χ0n) is 22.8. The Morgan fingerprint density at radius 1 is 0.750 bits per heavy atom. The number of aliphatic imine (C=N–C) groups is 1. The molecule has 1 fully saturated rings. The van der Waals surface area contributed by atoms with Gasteiger partial charge in [0.15, 0.2) is 0 Å². The quantitative estimate of drug-likeness (QED) is 0.162. The first kappa shape index (κ1) is 25.8. The van der Waals surface area contributed by atoms with Crippen LogP contribution in [-0.2, 0) is 0 Å². The Morgan fingerprint density at radius 2 is 1.38 bits per heavy atom. The van der Waals surface area contributed by atoms with Gasteiger partial charge >= 0.3 is 0 Å². The molecule has 0 unspecified atom stereocenters. The highest BCUT2D eigenvalue weighted by molar-refractivity contribution is 7.19. The van der Waals surface area contributed by atoms with Crippen molar-refractivity contribution >= 4 is 27.9 Å². The number of piperazine rings is 1. The van der Waals surface area contributed by atoms with Crippen LogP contribution in [0, 0.1) is 6.92 Å². The summed E-state index contributed by atoms with van der Waals surface area (Å²) in [5.74, 6) is 1.87. The lowest BCUT2D eigenvalue weighted by Gasteiger charge is -2.38. The number of hydrogen-bond acceptors (Lipinski definition) is 5. The van der Waals surface area contributed by atoms with Gasteiger partial charge < -0.3 is 14.5 Å². The predicted octanol–water partition coefficient (Wildman–Crippen LogP) is 7.69. The molecule has 0 bridgehead atoms. The molecule has 0 aliphatic carbocycles. The highest BCUT2D eigenvalue weighted by atomic mass is 32.1. The Labute approximate surface area is 240 Å². The maximum Gasteiger partial charge on any atom is 0.146 e. The smallest absolute Gasteiger partial charge is 0.146 e. The lowest BCUT2D eigenvalue weighted by Crippen LogP contribution is -2.49. The fraction of sp³-hybridized carbons (Fsp3) is 0.176. The van der Waals surface area contributed by atoms with E-state index in [1.54, 1.807) is 18.4 Å². The van der Waals surface area contributed by atoms with Crippen molar-refractivity contribution in [3.05, 3.63) is 120 Å². The molecular formula is C34H32N4OS. The molecule has 200 valence electrons. The Kier molecular flexibility index (Phi) is 7.60. The van der Waals surface area contributed by atoms with E-state index >= 15 is 0 Å². The maximum absolute atomic E-state index is 5.39. The number of aryl methyl sites for hydroxylation is 1. The monoisotopic (exact) mass is 544 g/mol. The molecule has 1 aromatic heterocycles. The van der Waals surface area contributed by atoms with Gasteiger partial charge in [-0.1, -0.05) is 102 Å². The second-order valence-electron chi connectivity index (χ2n) is 9.88. The van der Waals surface area contributed by atoms with Crippen LogP contribution in [0.2, 0.25) is 0 Å². The Bertz CT molecular complexity index is 1570. The third-order valence-electron chi connectivity index (χ3n) is 7.21. The highest BCUT2D eigenvalue weighted by Crippen LogP contribution is 2.40. The highest BCUT2D eigenvalue weighted by Gasteiger charge is 2.23. The third kappa shape index (κ3) is 5.63. The summed E-state index contributed by atoms with van der Waals surface area (Å²) in [7, 11) is 1.70. The van der Waals surface area contributed by atoms with Crippen molar-refractivity contribution in [2.45, 2.75) is 6.92 Å². The number of hydrogen-bond donors (Lipinski definition) is 0. The van der Waals surface area contributed by atoms with Crippen LogP contribution in [0.25, 0.3) is 21.8 Å². The number of thiazole rings is 1. The van der Waals surface area contributed by atoms with Gasteiger partial charge in [0.2, 0.25) is 0 Å². The third-order valence-corrected chi connectivity index (χ3v) is 8.21. The number of anilines is 1. The average molecular weight is 545 g/mol. The van der Waals surface area contributed by atoms with Crippen LogP contribution in [0.4, 0.5) is 10.7 Å². The molecule has 5 nitrogen and oxygen atoms in total. The summed E-state index contributed by atoms with van der Waals surface area (Å²) in [6, 6.07) is 37.8. The van der Waals surface area contributed by atoms with E-state index in [0.717, 1.165) is 70.2 Å². The van der Waals surface area contributed by atoms with Gasteiger partial charge in [-0.15, -0.1) is 0 Å². The second kappa shape index (κ2) is 11.8. The first-order chi connectivity index (χ1) is 19.7. The molecule has 40 heavy (non-hydrogen) atoms. The molecule has 1 saturated heterocycles. The van der Waals surface area contributed by atoms with E-state index < -0.39 is 0 Å². The van der Waals surface area contributed by atoms with Gasteiger partial charge in [0, 0.05) is 48.6 Å². The minimum Gasteiger partial charge on any atom is -0.497 e. The minimum atomic E-state index is 0.879. The number of nitrogens with zero attached hydrogens (tertiary/aromatic N) is 4. The van der Waals surface area contributed by atoms with E-state index in [2.05, 4.69) is 102 Å². The van der Waals surface area contributed by atoms with Gasteiger partial charge in [0.05, 0.1) is 7.11 Å². The van der Waals surface area contributed by atoms with Gasteiger partial charge in [-0.05, 0) is 31.2 Å². The standard InChI is InChI=1S/C34H32N4OS/c1-25-13-15-27(16-14-25)32(38-23-21-37(22-24-38)29-17-19-30(39-2)20-18-29)36-34-31(26-9-5-3-6-10-26)35-33(40-34)28-11-7-4-8-12-28/h3-20H,21-24H2,1-2H3. The van der Waals surface area contributed by atoms with E-state index in [0.29, 0.717) is 0 Å². The summed E-state index contributed by atoms with van der Waals surface area (Å²) >= 11 is 1.65. The van der Waals surface area contributed by atoms with Gasteiger partial charge in [0.25, 0.3) is 0 Å². The number of ether oxygens (including phenoxy) is 1. The molecule has 0 N–H and O–H groups in total. The molecule has 1 aliphatic heterocycles. The Hall–Kier alpha value is -4.42. The second-order valence-corrected chi connectivity index (χ2v) is 10.9. The summed E-state index contributed by atoms with van der Waals surface area (Å²) in [5, 5.41) is 1.91. The van der Waals surface area contributed by atoms with Gasteiger partial charge in [0.1, 0.15) is 27.3 Å². The number of aromatic nitrogens is 1. The van der Waals surface area contributed by atoms with Crippen molar-refractivity contribution < 1.29 is 4.74 Å². The number of benzene rings is 4. The van der Waals surface area contributed by atoms with Crippen LogP contribution in [0.5, 0.6) is 5.75 Å². The number of amidine groups is 1. The van der Waals surface area contributed by atoms with Crippen molar-refractivity contribution in [2.24, 2.45) is 4.99 Å². The van der Waals surface area contributed by atoms with Crippen molar-refractivity contribution in [3.8, 4) is 27.6 Å². The first-order valence-electron chi connectivity index (χ1n) is 13.6. The molecule has 2 heterocycles. The van der Waals surface area contributed by atoms with Gasteiger partial charge in [-0.2, -0.15) is 0 Å². The molecule has 4 aromatic carbocycles. The first-order valence-corrected chi connectivity index (χ1v) is 14.4. The number of methoxy groups -OCH3 is 1. The van der Waals surface area contributed by atoms with Crippen molar-refractivity contribution in [3.63, 3.8) is 0 Å². The summed E-state index contributed by atoms with van der Waals surface area (Å²) < 4.78 is 5.34. The van der Waals surface area contributed by atoms with Crippen molar-refractivity contribution in [1.29, 1.82) is 0 Å². The van der Waals surface area contributed by atoms with E-state index in [4.69, 9.17) is 14.7 Å². The van der Waals surface area contributed by atoms with Crippen LogP contribution in [0.3, 0.4) is 0 Å². The minimum absolute atomic E-state index is 0.879. The molecule has 0 atom stereocenters. The van der Waals surface area contributed by atoms with Crippen LogP contribution in [0.15, 0.2) is 114 Å². The number of rotatable bonds is 6. The fourth-order valence-electron chi connectivity index (χ4n) is 4.96. The molecule has 5 aromatic rings. The molecule has 6 rings (SSSR count). The van der Waals surface area contributed by atoms with Crippen LogP contribution >= 0.6 is 11.3 Å². The fourth-order valence-corrected chi connectivity index (χ4v) is 5.93. The summed E-state index contributed by atoms with van der Waals surface area (Å²) in [5.41, 5.74) is 6.68. The maximum atomic E-state index is 5.39. The topological polar surface area (TPSA) is 41.0 Å². The molecule has 0 spiro atoms. The Balaban J connectivity index is 1.37. The van der Waals surface area contributed by atoms with Crippen LogP contribution in [0.1, 0.15) is 11.1 Å². The van der Waals surface area contributed by atoms with Gasteiger partial charge in [-0.3, -0.25) is 0 Å². The summed E-state index contributed by atoms with van der Waals surface area (Å²) in [6.07, 6.45) is 0. The molecule has 0 saturated carbocycles. The summed E-state index contributed by atoms with van der Waals surface area (Å²) in [6.45, 7) is 5.71. The van der Waals surface area contributed by atoms with E-state index in [9.17, 15) is 0 Å². The largest absolute Gasteiger partial charge is 0.497 e. The van der Waals surface area contributed by atoms with Crippen LogP contribution in [-0.4, -0.2) is 49.0 Å². The van der Waals surface area contributed by atoms with Gasteiger partial charge in [-0.25, -0.2) is 9.98 Å². The summed E-state index contributed by atoms with van der Waals surface area (Å²) in [4.78, 5) is 15.3. The molecular weight excluding hydrogens is 512 g/mol. The Morgan fingerprint density at radius 3 is 2.00 bits per heavy atom. The predicted molar refractivity (Wildman–Crippen MR) is 167 cm³/mol. The lowest BCUT2D eigenvalue weighted by molar-refractivity contribution is 0.386. The zero-order valence-corrected chi connectivity index (χ0v) is 23.6. The van der Waals surface area contributed by atoms with E-state index in [-0.39, 0.29) is 0 Å². The van der Waals surface area contributed by atoms with E-state index in [1.807, 2.05) is 24.3 Å². The molecule has 0 radical (unpaired) electrons. The zero-order chi connectivity index (χ0) is 27.3. The van der Waals surface area contributed by atoms with Crippen molar-refractivity contribution in [1.82, 2.24) is 9.88 Å². The van der Waals surface area contributed by atoms with E-state index in [1.165, 1.54) is 11.3 Å². The molecule has 0 amide bonds. The normalized spacial score (nSPS) is 13.9. The molecule has 1 aliphatic rings. The van der Waals surface area contributed by atoms with Crippen molar-refractivity contribution in [2.75, 3.05) is 38.2 Å². The average Bonchev–Trinajstić information content (AvgIpc) is 3.45. The molecule has 6 heteroatoms. The SMILES string of the molecule is COc1ccc(N2CCN(C(=Nc3sc(-c4ccccc4)nc3-c3ccccc3)c3ccc(C)cc3)CC2)cc1.